The van der Waals surface area contributed by atoms with Crippen LogP contribution in [0.4, 0.5) is 0 Å². The quantitative estimate of drug-likeness (QED) is 0.736. The largest absolute Gasteiger partial charge is 0.353 e. The zero-order chi connectivity index (χ0) is 15.1. The standard InChI is InChI=1S/C15H23N3O2S.ClH/c16-9-11-3-1-2-4-13(11)18-14(19)5-7-17-15(20)12-6-8-21-10-12;/h6,8,10-11,13H,1-5,7,9,16H2,(H,17,20)(H,18,19);1H. The Bertz CT molecular complexity index is 467. The summed E-state index contributed by atoms with van der Waals surface area (Å²) >= 11 is 1.48. The summed E-state index contributed by atoms with van der Waals surface area (Å²) in [5.74, 6) is 0.260. The molecule has 1 aliphatic carbocycles. The van der Waals surface area contributed by atoms with Gasteiger partial charge in [0.1, 0.15) is 0 Å². The maximum absolute atomic E-state index is 11.9. The maximum atomic E-state index is 11.9. The minimum absolute atomic E-state index is 0. The van der Waals surface area contributed by atoms with E-state index in [1.807, 2.05) is 5.38 Å². The molecule has 124 valence electrons. The molecule has 1 fully saturated rings. The third kappa shape index (κ3) is 5.59. The number of hydrogen-bond acceptors (Lipinski definition) is 4. The first-order valence-corrected chi connectivity index (χ1v) is 8.45. The molecule has 2 rings (SSSR count). The number of carbonyl (C=O) groups excluding carboxylic acids is 2. The Morgan fingerprint density at radius 2 is 2.09 bits per heavy atom. The molecule has 0 spiro atoms. The fraction of sp³-hybridized carbons (Fsp3) is 0.600. The maximum Gasteiger partial charge on any atom is 0.252 e. The molecule has 5 nitrogen and oxygen atoms in total. The van der Waals surface area contributed by atoms with E-state index in [1.54, 1.807) is 11.4 Å². The smallest absolute Gasteiger partial charge is 0.252 e. The molecule has 2 amide bonds. The fourth-order valence-corrected chi connectivity index (χ4v) is 3.38. The van der Waals surface area contributed by atoms with Crippen molar-refractivity contribution in [2.45, 2.75) is 38.1 Å². The summed E-state index contributed by atoms with van der Waals surface area (Å²) in [6.45, 7) is 0.986. The van der Waals surface area contributed by atoms with E-state index in [1.165, 1.54) is 17.8 Å². The molecule has 1 aromatic rings. The van der Waals surface area contributed by atoms with Crippen LogP contribution in [-0.2, 0) is 4.79 Å². The normalized spacial score (nSPS) is 20.8. The van der Waals surface area contributed by atoms with Gasteiger partial charge in [-0.15, -0.1) is 12.4 Å². The van der Waals surface area contributed by atoms with E-state index in [4.69, 9.17) is 5.73 Å². The van der Waals surface area contributed by atoms with Crippen molar-refractivity contribution in [2.75, 3.05) is 13.1 Å². The molecular formula is C15H24ClN3O2S. The Hall–Kier alpha value is -1.11. The van der Waals surface area contributed by atoms with Gasteiger partial charge in [0.05, 0.1) is 0 Å². The molecule has 0 saturated heterocycles. The third-order valence-corrected chi connectivity index (χ3v) is 4.66. The lowest BCUT2D eigenvalue weighted by Crippen LogP contribution is -2.45. The molecule has 1 aliphatic rings. The Balaban J connectivity index is 0.00000242. The monoisotopic (exact) mass is 345 g/mol. The van der Waals surface area contributed by atoms with Crippen molar-refractivity contribution in [2.24, 2.45) is 11.7 Å². The van der Waals surface area contributed by atoms with Crippen molar-refractivity contribution in [3.8, 4) is 0 Å². The van der Waals surface area contributed by atoms with Crippen molar-refractivity contribution >= 4 is 35.6 Å². The van der Waals surface area contributed by atoms with E-state index in [-0.39, 0.29) is 30.3 Å². The molecule has 0 aromatic carbocycles. The highest BCUT2D eigenvalue weighted by atomic mass is 35.5. The lowest BCUT2D eigenvalue weighted by molar-refractivity contribution is -0.122. The zero-order valence-corrected chi connectivity index (χ0v) is 14.2. The van der Waals surface area contributed by atoms with Gasteiger partial charge in [0, 0.05) is 30.0 Å². The third-order valence-electron chi connectivity index (χ3n) is 3.98. The Morgan fingerprint density at radius 1 is 1.32 bits per heavy atom. The molecule has 4 N–H and O–H groups in total. The zero-order valence-electron chi connectivity index (χ0n) is 12.5. The Morgan fingerprint density at radius 3 is 2.77 bits per heavy atom. The highest BCUT2D eigenvalue weighted by Crippen LogP contribution is 2.23. The van der Waals surface area contributed by atoms with Gasteiger partial charge in [0.15, 0.2) is 0 Å². The summed E-state index contributed by atoms with van der Waals surface area (Å²) < 4.78 is 0. The molecular weight excluding hydrogens is 322 g/mol. The average Bonchev–Trinajstić information content (AvgIpc) is 3.02. The van der Waals surface area contributed by atoms with Crippen LogP contribution in [0.25, 0.3) is 0 Å². The fourth-order valence-electron chi connectivity index (χ4n) is 2.74. The van der Waals surface area contributed by atoms with Crippen LogP contribution in [0, 0.1) is 5.92 Å². The molecule has 22 heavy (non-hydrogen) atoms. The van der Waals surface area contributed by atoms with Gasteiger partial charge in [-0.2, -0.15) is 11.3 Å². The van der Waals surface area contributed by atoms with Gasteiger partial charge in [-0.1, -0.05) is 12.8 Å². The number of nitrogens with one attached hydrogen (secondary N) is 2. The van der Waals surface area contributed by atoms with Crippen LogP contribution in [-0.4, -0.2) is 30.9 Å². The lowest BCUT2D eigenvalue weighted by Gasteiger charge is -2.31. The van der Waals surface area contributed by atoms with Gasteiger partial charge in [-0.3, -0.25) is 9.59 Å². The average molecular weight is 346 g/mol. The molecule has 7 heteroatoms. The van der Waals surface area contributed by atoms with Crippen LogP contribution in [0.1, 0.15) is 42.5 Å². The summed E-state index contributed by atoms with van der Waals surface area (Å²) in [6, 6.07) is 1.97. The van der Waals surface area contributed by atoms with E-state index in [0.29, 0.717) is 31.0 Å². The van der Waals surface area contributed by atoms with Crippen LogP contribution >= 0.6 is 23.7 Å². The van der Waals surface area contributed by atoms with Crippen LogP contribution in [0.15, 0.2) is 16.8 Å². The van der Waals surface area contributed by atoms with Gasteiger partial charge in [-0.25, -0.2) is 0 Å². The summed E-state index contributed by atoms with van der Waals surface area (Å²) in [6.07, 6.45) is 4.76. The summed E-state index contributed by atoms with van der Waals surface area (Å²) in [7, 11) is 0. The van der Waals surface area contributed by atoms with E-state index in [0.717, 1.165) is 19.3 Å². The van der Waals surface area contributed by atoms with Crippen molar-refractivity contribution in [3.63, 3.8) is 0 Å². The van der Waals surface area contributed by atoms with Crippen LogP contribution < -0.4 is 16.4 Å². The molecule has 2 unspecified atom stereocenters. The number of rotatable bonds is 6. The molecule has 0 radical (unpaired) electrons. The molecule has 1 saturated carbocycles. The summed E-state index contributed by atoms with van der Waals surface area (Å²) in [4.78, 5) is 23.7. The highest BCUT2D eigenvalue weighted by molar-refractivity contribution is 7.08. The molecule has 1 aromatic heterocycles. The van der Waals surface area contributed by atoms with Crippen molar-refractivity contribution < 1.29 is 9.59 Å². The number of halogens is 1. The van der Waals surface area contributed by atoms with Crippen LogP contribution in [0.2, 0.25) is 0 Å². The summed E-state index contributed by atoms with van der Waals surface area (Å²) in [5, 5.41) is 9.47. The second-order valence-electron chi connectivity index (χ2n) is 5.47. The summed E-state index contributed by atoms with van der Waals surface area (Å²) in [5.41, 5.74) is 6.41. The number of hydrogen-bond donors (Lipinski definition) is 3. The first-order valence-electron chi connectivity index (χ1n) is 7.50. The minimum atomic E-state index is -0.124. The Kier molecular flexibility index (Phi) is 8.45. The predicted molar refractivity (Wildman–Crippen MR) is 91.5 cm³/mol. The lowest BCUT2D eigenvalue weighted by atomic mass is 9.84. The van der Waals surface area contributed by atoms with E-state index in [2.05, 4.69) is 10.6 Å². The first kappa shape index (κ1) is 18.9. The highest BCUT2D eigenvalue weighted by Gasteiger charge is 2.25. The van der Waals surface area contributed by atoms with E-state index >= 15 is 0 Å². The Labute approximate surface area is 141 Å². The first-order chi connectivity index (χ1) is 10.2. The molecule has 1 heterocycles. The molecule has 0 bridgehead atoms. The van der Waals surface area contributed by atoms with Crippen molar-refractivity contribution in [3.05, 3.63) is 22.4 Å². The molecule has 0 aliphatic heterocycles. The van der Waals surface area contributed by atoms with Crippen molar-refractivity contribution in [1.82, 2.24) is 10.6 Å². The van der Waals surface area contributed by atoms with E-state index in [9.17, 15) is 9.59 Å². The molecule has 2 atom stereocenters. The van der Waals surface area contributed by atoms with Gasteiger partial charge in [0.25, 0.3) is 5.91 Å². The van der Waals surface area contributed by atoms with Gasteiger partial charge in [0.2, 0.25) is 5.91 Å². The van der Waals surface area contributed by atoms with Gasteiger partial charge in [-0.05, 0) is 36.8 Å². The number of nitrogens with two attached hydrogens (primary N) is 1. The minimum Gasteiger partial charge on any atom is -0.353 e. The SMILES string of the molecule is Cl.NCC1CCCCC1NC(=O)CCNC(=O)c1ccsc1. The van der Waals surface area contributed by atoms with Crippen LogP contribution in [0.3, 0.4) is 0 Å². The van der Waals surface area contributed by atoms with Gasteiger partial charge < -0.3 is 16.4 Å². The number of carbonyl (C=O) groups is 2. The van der Waals surface area contributed by atoms with Gasteiger partial charge >= 0.3 is 0 Å². The van der Waals surface area contributed by atoms with Crippen LogP contribution in [0.5, 0.6) is 0 Å². The van der Waals surface area contributed by atoms with Crippen molar-refractivity contribution in [1.29, 1.82) is 0 Å². The number of amides is 2. The van der Waals surface area contributed by atoms with E-state index < -0.39 is 0 Å². The topological polar surface area (TPSA) is 84.2 Å². The number of thiophene rings is 1. The second kappa shape index (κ2) is 9.82. The second-order valence-corrected chi connectivity index (χ2v) is 6.25. The predicted octanol–water partition coefficient (Wildman–Crippen LogP) is 1.92.